The number of hydrogen-bond acceptors (Lipinski definition) is 3. The molecule has 2 aromatic carbocycles. The number of hydrogen-bond donors (Lipinski definition) is 1. The average Bonchev–Trinajstić information content (AvgIpc) is 2.54. The van der Waals surface area contributed by atoms with Crippen LogP contribution < -0.4 is 10.1 Å². The Kier molecular flexibility index (Phi) is 5.08. The standard InChI is InChI=1S/C17H17ClN2O/c1-3-16(14-6-4-5-7-17(14)21-2)20-13-8-9-15(18)12(10-13)11-19/h4-10,16,20H,3H2,1-2H3. The number of methoxy groups -OCH3 is 1. The van der Waals surface area contributed by atoms with Crippen molar-refractivity contribution in [3.05, 3.63) is 58.6 Å². The molecule has 0 aromatic heterocycles. The summed E-state index contributed by atoms with van der Waals surface area (Å²) in [5.41, 5.74) is 2.43. The molecule has 0 bridgehead atoms. The van der Waals surface area contributed by atoms with E-state index in [2.05, 4.69) is 18.3 Å². The minimum Gasteiger partial charge on any atom is -0.496 e. The normalized spacial score (nSPS) is 11.5. The Morgan fingerprint density at radius 1 is 1.29 bits per heavy atom. The van der Waals surface area contributed by atoms with E-state index in [1.165, 1.54) is 0 Å². The summed E-state index contributed by atoms with van der Waals surface area (Å²) in [6.45, 7) is 2.10. The molecule has 0 amide bonds. The van der Waals surface area contributed by atoms with Crippen molar-refractivity contribution < 1.29 is 4.74 Å². The molecular weight excluding hydrogens is 284 g/mol. The predicted molar refractivity (Wildman–Crippen MR) is 85.8 cm³/mol. The Morgan fingerprint density at radius 2 is 2.05 bits per heavy atom. The Hall–Kier alpha value is -2.18. The second-order valence-electron chi connectivity index (χ2n) is 4.65. The van der Waals surface area contributed by atoms with Gasteiger partial charge in [0.25, 0.3) is 0 Å². The largest absolute Gasteiger partial charge is 0.496 e. The van der Waals surface area contributed by atoms with Crippen molar-refractivity contribution >= 4 is 17.3 Å². The van der Waals surface area contributed by atoms with Gasteiger partial charge in [-0.05, 0) is 30.7 Å². The van der Waals surface area contributed by atoms with E-state index in [1.54, 1.807) is 19.2 Å². The monoisotopic (exact) mass is 300 g/mol. The van der Waals surface area contributed by atoms with Crippen molar-refractivity contribution in [1.82, 2.24) is 0 Å². The molecule has 108 valence electrons. The minimum atomic E-state index is 0.105. The molecule has 0 heterocycles. The van der Waals surface area contributed by atoms with Crippen molar-refractivity contribution in [2.75, 3.05) is 12.4 Å². The number of halogens is 1. The van der Waals surface area contributed by atoms with Crippen molar-refractivity contribution in [2.24, 2.45) is 0 Å². The Bertz CT molecular complexity index is 664. The smallest absolute Gasteiger partial charge is 0.124 e. The summed E-state index contributed by atoms with van der Waals surface area (Å²) in [5, 5.41) is 12.9. The number of para-hydroxylation sites is 1. The Balaban J connectivity index is 2.29. The van der Waals surface area contributed by atoms with Crippen LogP contribution in [-0.2, 0) is 0 Å². The summed E-state index contributed by atoms with van der Waals surface area (Å²) < 4.78 is 5.42. The summed E-state index contributed by atoms with van der Waals surface area (Å²) in [4.78, 5) is 0. The van der Waals surface area contributed by atoms with Crippen LogP contribution in [0, 0.1) is 11.3 Å². The third-order valence-corrected chi connectivity index (χ3v) is 3.68. The van der Waals surface area contributed by atoms with Crippen molar-refractivity contribution in [2.45, 2.75) is 19.4 Å². The van der Waals surface area contributed by atoms with Crippen LogP contribution >= 0.6 is 11.6 Å². The molecule has 1 N–H and O–H groups in total. The van der Waals surface area contributed by atoms with Gasteiger partial charge in [0.05, 0.1) is 23.7 Å². The third kappa shape index (κ3) is 3.48. The first kappa shape index (κ1) is 15.2. The Morgan fingerprint density at radius 3 is 2.71 bits per heavy atom. The lowest BCUT2D eigenvalue weighted by molar-refractivity contribution is 0.406. The summed E-state index contributed by atoms with van der Waals surface area (Å²) in [6, 6.07) is 15.5. The second kappa shape index (κ2) is 7.01. The molecule has 4 heteroatoms. The fraction of sp³-hybridized carbons (Fsp3) is 0.235. The molecular formula is C17H17ClN2O. The van der Waals surface area contributed by atoms with Crippen LogP contribution in [0.1, 0.15) is 30.5 Å². The number of benzene rings is 2. The number of nitrogens with one attached hydrogen (secondary N) is 1. The molecule has 0 aliphatic rings. The van der Waals surface area contributed by atoms with Crippen LogP contribution in [-0.4, -0.2) is 7.11 Å². The highest BCUT2D eigenvalue weighted by molar-refractivity contribution is 6.31. The van der Waals surface area contributed by atoms with Crippen LogP contribution in [0.5, 0.6) is 5.75 Å². The highest BCUT2D eigenvalue weighted by Crippen LogP contribution is 2.30. The first-order chi connectivity index (χ1) is 10.2. The molecule has 1 unspecified atom stereocenters. The number of rotatable bonds is 5. The maximum atomic E-state index is 9.05. The van der Waals surface area contributed by atoms with Crippen molar-refractivity contribution in [1.29, 1.82) is 5.26 Å². The predicted octanol–water partition coefficient (Wildman–Crippen LogP) is 4.78. The van der Waals surface area contributed by atoms with E-state index < -0.39 is 0 Å². The lowest BCUT2D eigenvalue weighted by atomic mass is 10.0. The third-order valence-electron chi connectivity index (χ3n) is 3.35. The molecule has 2 aromatic rings. The minimum absolute atomic E-state index is 0.105. The van der Waals surface area contributed by atoms with Crippen LogP contribution in [0.4, 0.5) is 5.69 Å². The van der Waals surface area contributed by atoms with Gasteiger partial charge in [0.15, 0.2) is 0 Å². The highest BCUT2D eigenvalue weighted by atomic mass is 35.5. The lowest BCUT2D eigenvalue weighted by Crippen LogP contribution is -2.11. The molecule has 3 nitrogen and oxygen atoms in total. The molecule has 1 atom stereocenters. The van der Waals surface area contributed by atoms with E-state index in [0.717, 1.165) is 23.4 Å². The van der Waals surface area contributed by atoms with Crippen molar-refractivity contribution in [3.8, 4) is 11.8 Å². The number of ether oxygens (including phenoxy) is 1. The molecule has 2 rings (SSSR count). The molecule has 0 spiro atoms. The van der Waals surface area contributed by atoms with E-state index in [1.807, 2.05) is 30.3 Å². The molecule has 0 saturated heterocycles. The first-order valence-electron chi connectivity index (χ1n) is 6.78. The fourth-order valence-corrected chi connectivity index (χ4v) is 2.42. The van der Waals surface area contributed by atoms with Gasteiger partial charge >= 0.3 is 0 Å². The topological polar surface area (TPSA) is 45.0 Å². The summed E-state index contributed by atoms with van der Waals surface area (Å²) >= 11 is 5.96. The molecule has 0 radical (unpaired) electrons. The Labute approximate surface area is 130 Å². The highest BCUT2D eigenvalue weighted by Gasteiger charge is 2.14. The maximum Gasteiger partial charge on any atom is 0.124 e. The summed E-state index contributed by atoms with van der Waals surface area (Å²) in [7, 11) is 1.67. The zero-order chi connectivity index (χ0) is 15.2. The molecule has 21 heavy (non-hydrogen) atoms. The summed E-state index contributed by atoms with van der Waals surface area (Å²) in [5.74, 6) is 0.853. The lowest BCUT2D eigenvalue weighted by Gasteiger charge is -2.21. The summed E-state index contributed by atoms with van der Waals surface area (Å²) in [6.07, 6.45) is 0.894. The van der Waals surface area contributed by atoms with E-state index in [4.69, 9.17) is 21.6 Å². The average molecular weight is 301 g/mol. The van der Waals surface area contributed by atoms with E-state index in [0.29, 0.717) is 10.6 Å². The van der Waals surface area contributed by atoms with Gasteiger partial charge in [0, 0.05) is 11.3 Å². The SMILES string of the molecule is CCC(Nc1ccc(Cl)c(C#N)c1)c1ccccc1OC. The van der Waals surface area contributed by atoms with E-state index in [9.17, 15) is 0 Å². The van der Waals surface area contributed by atoms with Crippen LogP contribution in [0.15, 0.2) is 42.5 Å². The van der Waals surface area contributed by atoms with Gasteiger partial charge < -0.3 is 10.1 Å². The van der Waals surface area contributed by atoms with Crippen LogP contribution in [0.25, 0.3) is 0 Å². The number of nitriles is 1. The first-order valence-corrected chi connectivity index (χ1v) is 7.16. The molecule has 0 aliphatic heterocycles. The van der Waals surface area contributed by atoms with Crippen LogP contribution in [0.3, 0.4) is 0 Å². The zero-order valence-corrected chi connectivity index (χ0v) is 12.8. The maximum absolute atomic E-state index is 9.05. The van der Waals surface area contributed by atoms with Gasteiger partial charge in [0.2, 0.25) is 0 Å². The fourth-order valence-electron chi connectivity index (χ4n) is 2.26. The van der Waals surface area contributed by atoms with Gasteiger partial charge in [0.1, 0.15) is 11.8 Å². The van der Waals surface area contributed by atoms with Crippen LogP contribution in [0.2, 0.25) is 5.02 Å². The van der Waals surface area contributed by atoms with Gasteiger partial charge in [-0.2, -0.15) is 5.26 Å². The van der Waals surface area contributed by atoms with E-state index in [-0.39, 0.29) is 6.04 Å². The number of anilines is 1. The quantitative estimate of drug-likeness (QED) is 0.864. The van der Waals surface area contributed by atoms with E-state index >= 15 is 0 Å². The van der Waals surface area contributed by atoms with Crippen molar-refractivity contribution in [3.63, 3.8) is 0 Å². The zero-order valence-electron chi connectivity index (χ0n) is 12.1. The second-order valence-corrected chi connectivity index (χ2v) is 5.06. The van der Waals surface area contributed by atoms with Gasteiger partial charge in [-0.3, -0.25) is 0 Å². The van der Waals surface area contributed by atoms with Gasteiger partial charge in [-0.1, -0.05) is 36.7 Å². The molecule has 0 saturated carbocycles. The number of nitrogens with zero attached hydrogens (tertiary/aromatic N) is 1. The molecule has 0 fully saturated rings. The van der Waals surface area contributed by atoms with Gasteiger partial charge in [-0.15, -0.1) is 0 Å². The van der Waals surface area contributed by atoms with Gasteiger partial charge in [-0.25, -0.2) is 0 Å². The molecule has 0 aliphatic carbocycles.